The van der Waals surface area contributed by atoms with Crippen molar-refractivity contribution in [3.8, 4) is 0 Å². The lowest BCUT2D eigenvalue weighted by Gasteiger charge is -2.34. The molecule has 0 unspecified atom stereocenters. The third-order valence-corrected chi connectivity index (χ3v) is 3.95. The zero-order chi connectivity index (χ0) is 17.0. The van der Waals surface area contributed by atoms with Gasteiger partial charge in [0.2, 0.25) is 5.95 Å². The lowest BCUT2D eigenvalue weighted by molar-refractivity contribution is 0.193. The number of anilines is 1. The number of ether oxygens (including phenoxy) is 1. The molecular weight excluding hydrogens is 308 g/mol. The van der Waals surface area contributed by atoms with Gasteiger partial charge in [0.1, 0.15) is 0 Å². The Labute approximate surface area is 143 Å². The molecule has 8 nitrogen and oxygen atoms in total. The van der Waals surface area contributed by atoms with Gasteiger partial charge in [-0.3, -0.25) is 4.90 Å². The van der Waals surface area contributed by atoms with Crippen LogP contribution in [0, 0.1) is 0 Å². The smallest absolute Gasteiger partial charge is 0.314 e. The number of aromatic nitrogens is 2. The molecule has 1 aliphatic rings. The number of carbonyl (C=O) groups is 1. The molecule has 0 bridgehead atoms. The number of nitrogens with one attached hydrogen (secondary N) is 2. The molecule has 1 aromatic heterocycles. The van der Waals surface area contributed by atoms with Gasteiger partial charge in [-0.2, -0.15) is 0 Å². The molecule has 0 aliphatic carbocycles. The maximum atomic E-state index is 11.6. The van der Waals surface area contributed by atoms with Crippen LogP contribution in [0.5, 0.6) is 0 Å². The van der Waals surface area contributed by atoms with Gasteiger partial charge in [0.25, 0.3) is 0 Å². The predicted molar refractivity (Wildman–Crippen MR) is 93.2 cm³/mol. The Hall–Kier alpha value is -1.93. The monoisotopic (exact) mass is 336 g/mol. The van der Waals surface area contributed by atoms with E-state index in [-0.39, 0.29) is 6.03 Å². The molecule has 0 radical (unpaired) electrons. The van der Waals surface area contributed by atoms with Gasteiger partial charge < -0.3 is 20.3 Å². The number of methoxy groups -OCH3 is 1. The molecule has 0 aromatic carbocycles. The number of carbonyl (C=O) groups excluding carboxylic acids is 1. The summed E-state index contributed by atoms with van der Waals surface area (Å²) in [6.45, 7) is 6.88. The number of nitrogens with zero attached hydrogens (tertiary/aromatic N) is 4. The van der Waals surface area contributed by atoms with Crippen LogP contribution in [-0.4, -0.2) is 80.4 Å². The Bertz CT molecular complexity index is 465. The molecule has 1 saturated heterocycles. The number of hydrogen-bond acceptors (Lipinski definition) is 6. The number of urea groups is 1. The van der Waals surface area contributed by atoms with Crippen molar-refractivity contribution >= 4 is 12.0 Å². The normalized spacial score (nSPS) is 15.3. The third kappa shape index (κ3) is 6.67. The van der Waals surface area contributed by atoms with E-state index in [1.54, 1.807) is 19.5 Å². The first kappa shape index (κ1) is 18.4. The van der Waals surface area contributed by atoms with Crippen molar-refractivity contribution in [1.29, 1.82) is 0 Å². The second kappa shape index (κ2) is 10.8. The van der Waals surface area contributed by atoms with Crippen molar-refractivity contribution in [3.05, 3.63) is 18.5 Å². The van der Waals surface area contributed by atoms with Crippen LogP contribution in [-0.2, 0) is 4.74 Å². The summed E-state index contributed by atoms with van der Waals surface area (Å²) < 4.78 is 4.94. The minimum absolute atomic E-state index is 0.0999. The molecule has 1 aromatic rings. The van der Waals surface area contributed by atoms with Gasteiger partial charge in [-0.25, -0.2) is 14.8 Å². The summed E-state index contributed by atoms with van der Waals surface area (Å²) in [4.78, 5) is 24.8. The molecule has 24 heavy (non-hydrogen) atoms. The minimum atomic E-state index is -0.0999. The second-order valence-corrected chi connectivity index (χ2v) is 5.76. The summed E-state index contributed by atoms with van der Waals surface area (Å²) in [5, 5.41) is 5.70. The Balaban J connectivity index is 1.51. The minimum Gasteiger partial charge on any atom is -0.385 e. The predicted octanol–water partition coefficient (Wildman–Crippen LogP) is 0.324. The highest BCUT2D eigenvalue weighted by Crippen LogP contribution is 2.09. The van der Waals surface area contributed by atoms with Crippen LogP contribution in [0.2, 0.25) is 0 Å². The van der Waals surface area contributed by atoms with E-state index in [1.807, 2.05) is 6.07 Å². The summed E-state index contributed by atoms with van der Waals surface area (Å²) in [7, 11) is 1.66. The first-order chi connectivity index (χ1) is 11.8. The molecule has 134 valence electrons. The third-order valence-electron chi connectivity index (χ3n) is 3.95. The largest absolute Gasteiger partial charge is 0.385 e. The van der Waals surface area contributed by atoms with E-state index in [4.69, 9.17) is 4.74 Å². The van der Waals surface area contributed by atoms with Crippen molar-refractivity contribution in [2.75, 3.05) is 64.4 Å². The molecule has 8 heteroatoms. The maximum absolute atomic E-state index is 11.6. The van der Waals surface area contributed by atoms with Gasteiger partial charge in [0.15, 0.2) is 0 Å². The zero-order valence-electron chi connectivity index (χ0n) is 14.4. The standard InChI is InChI=1S/C16H28N6O2/c1-24-14-4-8-20-16(23)19-7-3-9-21-10-12-22(13-11-21)15-17-5-2-6-18-15/h2,5-6H,3-4,7-14H2,1H3,(H2,19,20,23). The van der Waals surface area contributed by atoms with E-state index in [1.165, 1.54) is 0 Å². The Morgan fingerprint density at radius 1 is 1.12 bits per heavy atom. The van der Waals surface area contributed by atoms with Crippen molar-refractivity contribution in [1.82, 2.24) is 25.5 Å². The van der Waals surface area contributed by atoms with Crippen molar-refractivity contribution < 1.29 is 9.53 Å². The van der Waals surface area contributed by atoms with Crippen LogP contribution in [0.4, 0.5) is 10.7 Å². The zero-order valence-corrected chi connectivity index (χ0v) is 14.4. The maximum Gasteiger partial charge on any atom is 0.314 e. The average Bonchev–Trinajstić information content (AvgIpc) is 2.64. The van der Waals surface area contributed by atoms with Crippen LogP contribution in [0.15, 0.2) is 18.5 Å². The van der Waals surface area contributed by atoms with Crippen LogP contribution < -0.4 is 15.5 Å². The van der Waals surface area contributed by atoms with Crippen LogP contribution in [0.3, 0.4) is 0 Å². The molecule has 2 rings (SSSR count). The van der Waals surface area contributed by atoms with E-state index in [0.717, 1.165) is 51.5 Å². The van der Waals surface area contributed by atoms with Gasteiger partial charge in [0, 0.05) is 65.4 Å². The molecule has 0 saturated carbocycles. The van der Waals surface area contributed by atoms with Crippen molar-refractivity contribution in [2.45, 2.75) is 12.8 Å². The summed E-state index contributed by atoms with van der Waals surface area (Å²) >= 11 is 0. The first-order valence-corrected chi connectivity index (χ1v) is 8.54. The molecular formula is C16H28N6O2. The fraction of sp³-hybridized carbons (Fsp3) is 0.688. The van der Waals surface area contributed by atoms with Crippen molar-refractivity contribution in [3.63, 3.8) is 0 Å². The number of hydrogen-bond donors (Lipinski definition) is 2. The summed E-state index contributed by atoms with van der Waals surface area (Å²) in [5.74, 6) is 0.809. The van der Waals surface area contributed by atoms with Crippen molar-refractivity contribution in [2.24, 2.45) is 0 Å². The van der Waals surface area contributed by atoms with Gasteiger partial charge in [-0.15, -0.1) is 0 Å². The van der Waals surface area contributed by atoms with E-state index < -0.39 is 0 Å². The number of piperazine rings is 1. The Morgan fingerprint density at radius 2 is 1.79 bits per heavy atom. The average molecular weight is 336 g/mol. The van der Waals surface area contributed by atoms with Crippen LogP contribution in [0.1, 0.15) is 12.8 Å². The lowest BCUT2D eigenvalue weighted by atomic mass is 10.3. The van der Waals surface area contributed by atoms with Crippen LogP contribution >= 0.6 is 0 Å². The summed E-state index contributed by atoms with van der Waals surface area (Å²) in [6.07, 6.45) is 5.34. The topological polar surface area (TPSA) is 82.6 Å². The van der Waals surface area contributed by atoms with Gasteiger partial charge >= 0.3 is 6.03 Å². The molecule has 0 spiro atoms. The fourth-order valence-corrected chi connectivity index (χ4v) is 2.61. The fourth-order valence-electron chi connectivity index (χ4n) is 2.61. The first-order valence-electron chi connectivity index (χ1n) is 8.54. The van der Waals surface area contributed by atoms with Crippen LogP contribution in [0.25, 0.3) is 0 Å². The molecule has 2 N–H and O–H groups in total. The Kier molecular flexibility index (Phi) is 8.26. The van der Waals surface area contributed by atoms with Gasteiger partial charge in [-0.05, 0) is 25.5 Å². The van der Waals surface area contributed by atoms with Gasteiger partial charge in [0.05, 0.1) is 0 Å². The second-order valence-electron chi connectivity index (χ2n) is 5.76. The number of rotatable bonds is 9. The quantitative estimate of drug-likeness (QED) is 0.632. The summed E-state index contributed by atoms with van der Waals surface area (Å²) in [6, 6.07) is 1.73. The summed E-state index contributed by atoms with van der Waals surface area (Å²) in [5.41, 5.74) is 0. The highest BCUT2D eigenvalue weighted by molar-refractivity contribution is 5.73. The van der Waals surface area contributed by atoms with E-state index in [2.05, 4.69) is 30.4 Å². The van der Waals surface area contributed by atoms with Gasteiger partial charge in [-0.1, -0.05) is 0 Å². The molecule has 0 atom stereocenters. The van der Waals surface area contributed by atoms with E-state index in [0.29, 0.717) is 19.7 Å². The number of amides is 2. The molecule has 1 fully saturated rings. The van der Waals surface area contributed by atoms with E-state index >= 15 is 0 Å². The highest BCUT2D eigenvalue weighted by atomic mass is 16.5. The lowest BCUT2D eigenvalue weighted by Crippen LogP contribution is -2.47. The molecule has 1 aliphatic heterocycles. The highest BCUT2D eigenvalue weighted by Gasteiger charge is 2.18. The molecule has 2 amide bonds. The molecule has 2 heterocycles. The van der Waals surface area contributed by atoms with E-state index in [9.17, 15) is 4.79 Å². The SMILES string of the molecule is COCCCNC(=O)NCCCN1CCN(c2ncccn2)CC1. The Morgan fingerprint density at radius 3 is 2.46 bits per heavy atom.